The number of aliphatic hydroxyl groups excluding tert-OH is 1. The molecular formula is C22H28F3N3O3. The first-order valence-electron chi connectivity index (χ1n) is 9.85. The molecule has 0 amide bonds. The van der Waals surface area contributed by atoms with E-state index >= 15 is 0 Å². The van der Waals surface area contributed by atoms with Crippen molar-refractivity contribution < 1.29 is 27.8 Å². The van der Waals surface area contributed by atoms with Gasteiger partial charge in [0.2, 0.25) is 0 Å². The molecule has 3 N–H and O–H groups in total. The lowest BCUT2D eigenvalue weighted by Gasteiger charge is -2.17. The Morgan fingerprint density at radius 3 is 2.61 bits per heavy atom. The number of nitrogens with zero attached hydrogens (tertiary/aromatic N) is 1. The molecular weight excluding hydrogens is 411 g/mol. The lowest BCUT2D eigenvalue weighted by atomic mass is 10.1. The molecule has 9 heteroatoms. The van der Waals surface area contributed by atoms with Gasteiger partial charge in [-0.1, -0.05) is 24.3 Å². The van der Waals surface area contributed by atoms with Crippen molar-refractivity contribution in [1.82, 2.24) is 10.6 Å². The zero-order valence-electron chi connectivity index (χ0n) is 17.8. The van der Waals surface area contributed by atoms with Crippen molar-refractivity contribution in [2.45, 2.75) is 32.7 Å². The molecule has 0 bridgehead atoms. The topological polar surface area (TPSA) is 75.1 Å². The van der Waals surface area contributed by atoms with Crippen molar-refractivity contribution in [3.8, 4) is 11.5 Å². The zero-order chi connectivity index (χ0) is 22.9. The summed E-state index contributed by atoms with van der Waals surface area (Å²) >= 11 is 0. The molecule has 0 saturated carbocycles. The van der Waals surface area contributed by atoms with Crippen LogP contribution in [-0.4, -0.2) is 44.0 Å². The van der Waals surface area contributed by atoms with Crippen molar-refractivity contribution in [1.29, 1.82) is 0 Å². The molecule has 2 aromatic carbocycles. The van der Waals surface area contributed by atoms with Crippen LogP contribution in [0.4, 0.5) is 13.2 Å². The summed E-state index contributed by atoms with van der Waals surface area (Å²) in [6.45, 7) is 3.17. The first-order chi connectivity index (χ1) is 14.7. The molecule has 2 rings (SSSR count). The van der Waals surface area contributed by atoms with Crippen LogP contribution in [0.3, 0.4) is 0 Å². The minimum absolute atomic E-state index is 0.109. The van der Waals surface area contributed by atoms with Crippen molar-refractivity contribution in [2.24, 2.45) is 4.99 Å². The van der Waals surface area contributed by atoms with Gasteiger partial charge in [-0.15, -0.1) is 0 Å². The summed E-state index contributed by atoms with van der Waals surface area (Å²) in [5.74, 6) is 1.21. The predicted octanol–water partition coefficient (Wildman–Crippen LogP) is 3.73. The van der Waals surface area contributed by atoms with Gasteiger partial charge in [0.1, 0.15) is 11.5 Å². The third-order valence-electron chi connectivity index (χ3n) is 4.31. The number of aliphatic hydroxyl groups is 1. The predicted molar refractivity (Wildman–Crippen MR) is 114 cm³/mol. The maximum atomic E-state index is 12.5. The van der Waals surface area contributed by atoms with Gasteiger partial charge in [-0.25, -0.2) is 4.99 Å². The summed E-state index contributed by atoms with van der Waals surface area (Å²) in [7, 11) is 1.55. The van der Waals surface area contributed by atoms with Gasteiger partial charge in [0.05, 0.1) is 19.8 Å². The largest absolute Gasteiger partial charge is 0.497 e. The van der Waals surface area contributed by atoms with Crippen LogP contribution in [0.2, 0.25) is 0 Å². The lowest BCUT2D eigenvalue weighted by molar-refractivity contribution is -0.153. The Hall–Kier alpha value is -2.94. The molecule has 0 aliphatic heterocycles. The van der Waals surface area contributed by atoms with E-state index in [1.54, 1.807) is 56.5 Å². The second-order valence-corrected chi connectivity index (χ2v) is 6.88. The second-order valence-electron chi connectivity index (χ2n) is 6.88. The summed E-state index contributed by atoms with van der Waals surface area (Å²) in [4.78, 5) is 4.42. The summed E-state index contributed by atoms with van der Waals surface area (Å²) in [6, 6.07) is 12.1. The Kier molecular flexibility index (Phi) is 8.99. The molecule has 2 aromatic rings. The molecule has 0 saturated heterocycles. The van der Waals surface area contributed by atoms with Gasteiger partial charge in [-0.3, -0.25) is 0 Å². The molecule has 0 fully saturated rings. The first kappa shape index (κ1) is 24.3. The molecule has 0 heterocycles. The van der Waals surface area contributed by atoms with E-state index in [4.69, 9.17) is 9.47 Å². The van der Waals surface area contributed by atoms with Crippen LogP contribution in [-0.2, 0) is 6.54 Å². The fourth-order valence-corrected chi connectivity index (χ4v) is 2.75. The van der Waals surface area contributed by atoms with Crippen LogP contribution in [0.15, 0.2) is 47.5 Å². The number of hydrogen-bond acceptors (Lipinski definition) is 4. The van der Waals surface area contributed by atoms with Crippen LogP contribution < -0.4 is 20.1 Å². The number of alkyl halides is 3. The number of hydrogen-bond donors (Lipinski definition) is 3. The monoisotopic (exact) mass is 439 g/mol. The van der Waals surface area contributed by atoms with Crippen LogP contribution in [0.1, 0.15) is 29.7 Å². The molecule has 1 atom stereocenters. The van der Waals surface area contributed by atoms with E-state index < -0.39 is 18.9 Å². The van der Waals surface area contributed by atoms with E-state index in [-0.39, 0.29) is 18.8 Å². The van der Waals surface area contributed by atoms with Gasteiger partial charge in [0, 0.05) is 18.7 Å². The quantitative estimate of drug-likeness (QED) is 0.410. The fraction of sp³-hybridized carbons (Fsp3) is 0.409. The maximum absolute atomic E-state index is 12.5. The van der Waals surface area contributed by atoms with Crippen molar-refractivity contribution in [3.05, 3.63) is 59.2 Å². The molecule has 6 nitrogen and oxygen atoms in total. The Morgan fingerprint density at radius 2 is 1.94 bits per heavy atom. The van der Waals surface area contributed by atoms with E-state index in [1.165, 1.54) is 0 Å². The Morgan fingerprint density at radius 1 is 1.16 bits per heavy atom. The standard InChI is InChI=1S/C22H28F3N3O3/c1-4-26-21(28-13-19(29)16-6-5-7-18(11-16)30-3)27-12-17-9-8-15(2)10-20(17)31-14-22(23,24)25/h5-11,19,29H,4,12-14H2,1-3H3,(H2,26,27,28). The number of ether oxygens (including phenoxy) is 2. The van der Waals surface area contributed by atoms with Crippen LogP contribution in [0.5, 0.6) is 11.5 Å². The van der Waals surface area contributed by atoms with Gasteiger partial charge in [-0.05, 0) is 43.2 Å². The minimum Gasteiger partial charge on any atom is -0.497 e. The number of benzene rings is 2. The average Bonchev–Trinajstić information content (AvgIpc) is 2.74. The van der Waals surface area contributed by atoms with Crippen molar-refractivity contribution in [2.75, 3.05) is 26.8 Å². The Balaban J connectivity index is 2.07. The second kappa shape index (κ2) is 11.5. The number of methoxy groups -OCH3 is 1. The fourth-order valence-electron chi connectivity index (χ4n) is 2.75. The van der Waals surface area contributed by atoms with E-state index in [0.717, 1.165) is 5.56 Å². The maximum Gasteiger partial charge on any atom is 0.422 e. The smallest absolute Gasteiger partial charge is 0.422 e. The van der Waals surface area contributed by atoms with Crippen LogP contribution in [0.25, 0.3) is 0 Å². The highest BCUT2D eigenvalue weighted by Crippen LogP contribution is 2.24. The van der Waals surface area contributed by atoms with Gasteiger partial charge >= 0.3 is 6.18 Å². The van der Waals surface area contributed by atoms with Crippen LogP contribution >= 0.6 is 0 Å². The molecule has 1 unspecified atom stereocenters. The molecule has 0 aliphatic rings. The molecule has 0 aliphatic carbocycles. The molecule has 0 aromatic heterocycles. The van der Waals surface area contributed by atoms with Gasteiger partial charge < -0.3 is 25.2 Å². The van der Waals surface area contributed by atoms with E-state index in [9.17, 15) is 18.3 Å². The first-order valence-corrected chi connectivity index (χ1v) is 9.85. The normalized spacial score (nSPS) is 12.9. The number of nitrogens with one attached hydrogen (secondary N) is 2. The number of aryl methyl sites for hydroxylation is 1. The highest BCUT2D eigenvalue weighted by molar-refractivity contribution is 5.79. The van der Waals surface area contributed by atoms with E-state index in [1.807, 2.05) is 6.92 Å². The number of guanidine groups is 1. The van der Waals surface area contributed by atoms with E-state index in [2.05, 4.69) is 15.6 Å². The van der Waals surface area contributed by atoms with Gasteiger partial charge in [-0.2, -0.15) is 13.2 Å². The van der Waals surface area contributed by atoms with E-state index in [0.29, 0.717) is 29.4 Å². The highest BCUT2D eigenvalue weighted by Gasteiger charge is 2.28. The van der Waals surface area contributed by atoms with Crippen LogP contribution in [0, 0.1) is 6.92 Å². The zero-order valence-corrected chi connectivity index (χ0v) is 17.8. The molecule has 31 heavy (non-hydrogen) atoms. The van der Waals surface area contributed by atoms with Gasteiger partial charge in [0.15, 0.2) is 12.6 Å². The third kappa shape index (κ3) is 8.37. The number of rotatable bonds is 9. The molecule has 0 radical (unpaired) electrons. The minimum atomic E-state index is -4.42. The average molecular weight is 439 g/mol. The summed E-state index contributed by atoms with van der Waals surface area (Å²) < 4.78 is 47.8. The number of halogens is 3. The highest BCUT2D eigenvalue weighted by atomic mass is 19.4. The Labute approximate surface area is 180 Å². The lowest BCUT2D eigenvalue weighted by Crippen LogP contribution is -2.39. The molecule has 0 spiro atoms. The summed E-state index contributed by atoms with van der Waals surface area (Å²) in [5.41, 5.74) is 2.00. The Bertz CT molecular complexity index is 873. The SMILES string of the molecule is CCNC(=NCc1ccc(C)cc1OCC(F)(F)F)NCC(O)c1cccc(OC)c1. The molecule has 170 valence electrons. The summed E-state index contributed by atoms with van der Waals surface area (Å²) in [5, 5.41) is 16.5. The third-order valence-corrected chi connectivity index (χ3v) is 4.31. The summed E-state index contributed by atoms with van der Waals surface area (Å²) in [6.07, 6.45) is -5.22. The van der Waals surface area contributed by atoms with Crippen molar-refractivity contribution in [3.63, 3.8) is 0 Å². The van der Waals surface area contributed by atoms with Crippen molar-refractivity contribution >= 4 is 5.96 Å². The number of aliphatic imine (C=N–C) groups is 1. The van der Waals surface area contributed by atoms with Gasteiger partial charge in [0.25, 0.3) is 0 Å².